The van der Waals surface area contributed by atoms with Crippen LogP contribution in [0.25, 0.3) is 10.2 Å². The predicted octanol–water partition coefficient (Wildman–Crippen LogP) is 2.30. The summed E-state index contributed by atoms with van der Waals surface area (Å²) in [6.07, 6.45) is 1.50. The van der Waals surface area contributed by atoms with E-state index in [0.717, 1.165) is 27.0 Å². The van der Waals surface area contributed by atoms with E-state index in [1.807, 2.05) is 0 Å². The molecule has 1 fully saturated rings. The summed E-state index contributed by atoms with van der Waals surface area (Å²) in [6.45, 7) is 1.66. The van der Waals surface area contributed by atoms with Gasteiger partial charge in [0.05, 0.1) is 26.1 Å². The molecule has 1 atom stereocenters. The second-order valence-electron chi connectivity index (χ2n) is 8.09. The summed E-state index contributed by atoms with van der Waals surface area (Å²) < 4.78 is 58.6. The molecule has 11 nitrogen and oxygen atoms in total. The first-order valence-corrected chi connectivity index (χ1v) is 16.1. The van der Waals surface area contributed by atoms with Crippen LogP contribution in [0.5, 0.6) is 0 Å². The number of ether oxygens (including phenoxy) is 1. The van der Waals surface area contributed by atoms with Crippen molar-refractivity contribution in [2.24, 2.45) is 10.1 Å². The number of sulfonamides is 2. The van der Waals surface area contributed by atoms with Gasteiger partial charge in [-0.25, -0.2) is 22.0 Å². The summed E-state index contributed by atoms with van der Waals surface area (Å²) in [5.41, 5.74) is 0.443. The van der Waals surface area contributed by atoms with Gasteiger partial charge in [-0.3, -0.25) is 9.59 Å². The normalized spacial score (nSPS) is 17.8. The van der Waals surface area contributed by atoms with E-state index in [-0.39, 0.29) is 40.0 Å². The number of carbonyl (C=O) groups excluding carboxylic acids is 2. The Kier molecular flexibility index (Phi) is 8.23. The Labute approximate surface area is 226 Å². The van der Waals surface area contributed by atoms with Crippen LogP contribution in [-0.2, 0) is 40.9 Å². The number of aromatic nitrogens is 1. The molecule has 0 radical (unpaired) electrons. The fraction of sp³-hybridized carbons (Fsp3) is 0.381. The Morgan fingerprint density at radius 3 is 2.57 bits per heavy atom. The van der Waals surface area contributed by atoms with Crippen LogP contribution in [0.4, 0.5) is 0 Å². The largest absolute Gasteiger partial charge is 0.465 e. The number of amides is 1. The van der Waals surface area contributed by atoms with E-state index in [1.54, 1.807) is 6.92 Å². The molecule has 1 aromatic carbocycles. The number of nitrogens with zero attached hydrogens (tertiary/aromatic N) is 3. The molecule has 1 aliphatic heterocycles. The van der Waals surface area contributed by atoms with Crippen LogP contribution in [0.3, 0.4) is 0 Å². The third-order valence-corrected chi connectivity index (χ3v) is 11.2. The second-order valence-corrected chi connectivity index (χ2v) is 14.5. The van der Waals surface area contributed by atoms with E-state index in [1.165, 1.54) is 34.9 Å². The molecule has 3 heterocycles. The van der Waals surface area contributed by atoms with Crippen molar-refractivity contribution in [1.29, 1.82) is 0 Å². The van der Waals surface area contributed by atoms with Gasteiger partial charge in [-0.05, 0) is 50.1 Å². The Hall–Kier alpha value is -2.14. The van der Waals surface area contributed by atoms with Crippen molar-refractivity contribution in [3.05, 3.63) is 39.5 Å². The highest BCUT2D eigenvalue weighted by atomic mass is 35.5. The van der Waals surface area contributed by atoms with Crippen molar-refractivity contribution < 1.29 is 31.2 Å². The van der Waals surface area contributed by atoms with Crippen LogP contribution in [0, 0.1) is 0 Å². The standard InChI is InChI=1S/C21H23ClN4O7S4/c1-2-33-18(27)12-25-14-7-6-13(36(23,29)30)11-16(14)34-21(25)24-20(28)15-5-3-4-10-26(15)37(31,32)19-9-8-17(22)35-19/h6-9,11,15H,2-5,10,12H2,1H3,(H2,23,29,30). The second kappa shape index (κ2) is 10.9. The van der Waals surface area contributed by atoms with Crippen molar-refractivity contribution in [3.63, 3.8) is 0 Å². The Bertz CT molecular complexity index is 1640. The first-order chi connectivity index (χ1) is 17.4. The molecule has 200 valence electrons. The van der Waals surface area contributed by atoms with Crippen LogP contribution in [0.2, 0.25) is 4.34 Å². The van der Waals surface area contributed by atoms with Crippen molar-refractivity contribution >= 4 is 76.4 Å². The number of nitrogens with two attached hydrogens (primary N) is 1. The maximum Gasteiger partial charge on any atom is 0.326 e. The lowest BCUT2D eigenvalue weighted by Gasteiger charge is -2.31. The number of piperidine rings is 1. The molecule has 2 aromatic heterocycles. The molecule has 3 aromatic rings. The molecule has 1 aliphatic rings. The van der Waals surface area contributed by atoms with Crippen molar-refractivity contribution in [2.45, 2.75) is 47.9 Å². The fourth-order valence-corrected chi connectivity index (χ4v) is 8.92. The number of fused-ring (bicyclic) bond motifs is 1. The van der Waals surface area contributed by atoms with Gasteiger partial charge in [0.15, 0.2) is 4.80 Å². The molecule has 1 saturated heterocycles. The molecule has 1 amide bonds. The smallest absolute Gasteiger partial charge is 0.326 e. The van der Waals surface area contributed by atoms with Gasteiger partial charge in [0.1, 0.15) is 16.8 Å². The monoisotopic (exact) mass is 606 g/mol. The van der Waals surface area contributed by atoms with Gasteiger partial charge in [0.2, 0.25) is 10.0 Å². The highest BCUT2D eigenvalue weighted by molar-refractivity contribution is 7.91. The summed E-state index contributed by atoms with van der Waals surface area (Å²) in [4.78, 5) is 29.9. The van der Waals surface area contributed by atoms with E-state index in [4.69, 9.17) is 21.5 Å². The highest BCUT2D eigenvalue weighted by Crippen LogP contribution is 2.32. The molecule has 0 bridgehead atoms. The maximum absolute atomic E-state index is 13.4. The molecule has 0 aliphatic carbocycles. The Morgan fingerprint density at radius 1 is 1.16 bits per heavy atom. The third-order valence-electron chi connectivity index (χ3n) is 5.63. The summed E-state index contributed by atoms with van der Waals surface area (Å²) in [6, 6.07) is 5.93. The Balaban J connectivity index is 1.79. The number of hydrogen-bond donors (Lipinski definition) is 1. The van der Waals surface area contributed by atoms with Gasteiger partial charge in [-0.15, -0.1) is 11.3 Å². The first kappa shape index (κ1) is 27.9. The molecule has 0 saturated carbocycles. The number of primary sulfonamides is 1. The highest BCUT2D eigenvalue weighted by Gasteiger charge is 2.38. The molecule has 4 rings (SSSR count). The zero-order chi connectivity index (χ0) is 27.0. The summed E-state index contributed by atoms with van der Waals surface area (Å²) >= 11 is 7.82. The van der Waals surface area contributed by atoms with Gasteiger partial charge in [-0.1, -0.05) is 29.4 Å². The minimum atomic E-state index is -3.99. The molecule has 2 N–H and O–H groups in total. The summed E-state index contributed by atoms with van der Waals surface area (Å²) in [7, 11) is -7.97. The molecular formula is C21H23ClN4O7S4. The van der Waals surface area contributed by atoms with Gasteiger partial charge < -0.3 is 9.30 Å². The molecule has 16 heteroatoms. The Morgan fingerprint density at radius 2 is 1.92 bits per heavy atom. The van der Waals surface area contributed by atoms with Gasteiger partial charge in [-0.2, -0.15) is 9.30 Å². The fourth-order valence-electron chi connectivity index (χ4n) is 3.96. The predicted molar refractivity (Wildman–Crippen MR) is 139 cm³/mol. The molecule has 37 heavy (non-hydrogen) atoms. The van der Waals surface area contributed by atoms with Gasteiger partial charge in [0, 0.05) is 6.54 Å². The lowest BCUT2D eigenvalue weighted by molar-refractivity contribution is -0.143. The SMILES string of the molecule is CCOC(=O)Cn1c(=NC(=O)C2CCCCN2S(=O)(=O)c2ccc(Cl)s2)sc2cc(S(N)(=O)=O)ccc21. The summed E-state index contributed by atoms with van der Waals surface area (Å²) in [5, 5.41) is 5.25. The van der Waals surface area contributed by atoms with Crippen molar-refractivity contribution in [3.8, 4) is 0 Å². The van der Waals surface area contributed by atoms with E-state index < -0.39 is 38.0 Å². The topological polar surface area (TPSA) is 158 Å². The minimum Gasteiger partial charge on any atom is -0.465 e. The molecule has 0 spiro atoms. The number of rotatable bonds is 7. The van der Waals surface area contributed by atoms with E-state index in [9.17, 15) is 26.4 Å². The van der Waals surface area contributed by atoms with Crippen LogP contribution >= 0.6 is 34.3 Å². The van der Waals surface area contributed by atoms with Crippen LogP contribution in [0.15, 0.2) is 44.4 Å². The number of esters is 1. The third kappa shape index (κ3) is 5.97. The van der Waals surface area contributed by atoms with Crippen LogP contribution in [0.1, 0.15) is 26.2 Å². The lowest BCUT2D eigenvalue weighted by atomic mass is 10.0. The zero-order valence-electron chi connectivity index (χ0n) is 19.5. The van der Waals surface area contributed by atoms with Crippen molar-refractivity contribution in [1.82, 2.24) is 8.87 Å². The number of benzene rings is 1. The van der Waals surface area contributed by atoms with Crippen LogP contribution < -0.4 is 9.94 Å². The average molecular weight is 607 g/mol. The average Bonchev–Trinajstić information content (AvgIpc) is 3.42. The van der Waals surface area contributed by atoms with Crippen LogP contribution in [-0.4, -0.2) is 56.8 Å². The summed E-state index contributed by atoms with van der Waals surface area (Å²) in [5.74, 6) is -1.27. The number of hydrogen-bond acceptors (Lipinski definition) is 9. The van der Waals surface area contributed by atoms with E-state index >= 15 is 0 Å². The van der Waals surface area contributed by atoms with Crippen molar-refractivity contribution in [2.75, 3.05) is 13.2 Å². The number of halogens is 1. The number of thiazole rings is 1. The van der Waals surface area contributed by atoms with E-state index in [2.05, 4.69) is 4.99 Å². The molecule has 1 unspecified atom stereocenters. The lowest BCUT2D eigenvalue weighted by Crippen LogP contribution is -2.47. The minimum absolute atomic E-state index is 0.0342. The maximum atomic E-state index is 13.4. The quantitative estimate of drug-likeness (QED) is 0.404. The molecular weight excluding hydrogens is 584 g/mol. The number of carbonyl (C=O) groups is 2. The zero-order valence-corrected chi connectivity index (χ0v) is 23.5. The van der Waals surface area contributed by atoms with Gasteiger partial charge in [0.25, 0.3) is 15.9 Å². The number of thiophene rings is 1. The first-order valence-electron chi connectivity index (χ1n) is 11.1. The van der Waals surface area contributed by atoms with E-state index in [0.29, 0.717) is 27.4 Å². The van der Waals surface area contributed by atoms with Gasteiger partial charge >= 0.3 is 5.97 Å².